The molecule has 0 unspecified atom stereocenters. The minimum absolute atomic E-state index is 0.00751. The molecule has 0 radical (unpaired) electrons. The molecular weight excluding hydrogens is 911 g/mol. The minimum atomic E-state index is -4.68. The van der Waals surface area contributed by atoms with E-state index in [-0.39, 0.29) is 25.1 Å². The summed E-state index contributed by atoms with van der Waals surface area (Å²) in [7, 11) is 2.83. The molecule has 21 heteroatoms. The molecule has 370 valence electrons. The van der Waals surface area contributed by atoms with Crippen LogP contribution in [0.15, 0.2) is 29.8 Å². The molecule has 3 N–H and O–H groups in total. The first kappa shape index (κ1) is 50.5. The summed E-state index contributed by atoms with van der Waals surface area (Å²) in [5, 5.41) is 8.59. The fourth-order valence-corrected chi connectivity index (χ4v) is 10.1. The van der Waals surface area contributed by atoms with Crippen molar-refractivity contribution in [1.29, 1.82) is 0 Å². The second-order valence-electron chi connectivity index (χ2n) is 18.8. The number of halogens is 4. The highest BCUT2D eigenvalue weighted by atomic mass is 32.1. The normalized spacial score (nSPS) is 20.2. The van der Waals surface area contributed by atoms with Crippen molar-refractivity contribution in [3.05, 3.63) is 51.9 Å². The van der Waals surface area contributed by atoms with E-state index in [4.69, 9.17) is 24.2 Å². The third-order valence-corrected chi connectivity index (χ3v) is 13.6. The largest absolute Gasteiger partial charge is 0.464 e. The van der Waals surface area contributed by atoms with Gasteiger partial charge in [-0.05, 0) is 62.8 Å². The summed E-state index contributed by atoms with van der Waals surface area (Å²) in [5.74, 6) is -3.14. The lowest BCUT2D eigenvalue weighted by Crippen LogP contribution is -2.62. The summed E-state index contributed by atoms with van der Waals surface area (Å²) in [5.41, 5.74) is 7.62. The van der Waals surface area contributed by atoms with E-state index in [1.165, 1.54) is 18.1 Å². The summed E-state index contributed by atoms with van der Waals surface area (Å²) < 4.78 is 75.5. The predicted octanol–water partition coefficient (Wildman–Crippen LogP) is 6.41. The van der Waals surface area contributed by atoms with E-state index in [1.807, 2.05) is 33.9 Å². The zero-order chi connectivity index (χ0) is 49.2. The first-order chi connectivity index (χ1) is 32.2. The Kier molecular flexibility index (Phi) is 15.4. The van der Waals surface area contributed by atoms with E-state index < -0.39 is 77.9 Å². The van der Waals surface area contributed by atoms with Gasteiger partial charge in [0.25, 0.3) is 5.91 Å². The van der Waals surface area contributed by atoms with Crippen LogP contribution >= 0.6 is 11.3 Å². The number of likely N-dealkylation sites (N-methyl/N-ethyl adjacent to an activating group) is 1. The van der Waals surface area contributed by atoms with Crippen LogP contribution in [0.3, 0.4) is 0 Å². The van der Waals surface area contributed by atoms with Crippen LogP contribution in [-0.4, -0.2) is 133 Å². The molecule has 0 aliphatic carbocycles. The number of amides is 4. The number of fused-ring (bicyclic) bond motifs is 6. The molecule has 3 aromatic heterocycles. The van der Waals surface area contributed by atoms with E-state index in [0.717, 1.165) is 44.1 Å². The topological polar surface area (TPSA) is 172 Å². The molecule has 2 fully saturated rings. The van der Waals surface area contributed by atoms with E-state index in [2.05, 4.69) is 26.3 Å². The fourth-order valence-electron chi connectivity index (χ4n) is 9.25. The van der Waals surface area contributed by atoms with Crippen molar-refractivity contribution < 1.29 is 51.0 Å². The third kappa shape index (κ3) is 11.1. The van der Waals surface area contributed by atoms with Crippen molar-refractivity contribution in [3.63, 3.8) is 0 Å². The molecular formula is C47H61F4N9O7S. The predicted molar refractivity (Wildman–Crippen MR) is 248 cm³/mol. The van der Waals surface area contributed by atoms with Gasteiger partial charge in [0.05, 0.1) is 65.4 Å². The Morgan fingerprint density at radius 2 is 1.84 bits per heavy atom. The summed E-state index contributed by atoms with van der Waals surface area (Å²) >= 11 is 1.16. The van der Waals surface area contributed by atoms with Crippen molar-refractivity contribution in [1.82, 2.24) is 40.5 Å². The number of carbonyl (C=O) groups excluding carboxylic acids is 4. The van der Waals surface area contributed by atoms with Crippen LogP contribution in [0.25, 0.3) is 33.4 Å². The van der Waals surface area contributed by atoms with Crippen molar-refractivity contribution >= 4 is 51.7 Å². The van der Waals surface area contributed by atoms with E-state index in [0.29, 0.717) is 74.0 Å². The van der Waals surface area contributed by atoms with Gasteiger partial charge >= 0.3 is 18.2 Å². The molecule has 16 nitrogen and oxygen atoms in total. The molecule has 4 amide bonds. The number of nitrogens with zero attached hydrogens (tertiary/aromatic N) is 6. The Morgan fingerprint density at radius 1 is 1.10 bits per heavy atom. The molecule has 6 heterocycles. The van der Waals surface area contributed by atoms with Gasteiger partial charge in [0.2, 0.25) is 5.91 Å². The number of carbonyl (C=O) groups is 4. The van der Waals surface area contributed by atoms with Gasteiger partial charge in [0, 0.05) is 74.1 Å². The lowest BCUT2D eigenvalue weighted by molar-refractivity contribution is -0.155. The summed E-state index contributed by atoms with van der Waals surface area (Å²) in [6, 6.07) is 0.736. The second kappa shape index (κ2) is 20.7. The number of aryl methyl sites for hydroxylation is 1. The smallest absolute Gasteiger partial charge is 0.405 e. The van der Waals surface area contributed by atoms with E-state index in [1.54, 1.807) is 37.7 Å². The number of cyclic esters (lactones) is 1. The molecule has 2 saturated heterocycles. The van der Waals surface area contributed by atoms with Crippen molar-refractivity contribution in [3.8, 4) is 22.5 Å². The average Bonchev–Trinajstić information content (AvgIpc) is 3.89. The number of alkyl halides is 3. The lowest BCUT2D eigenvalue weighted by atomic mass is 9.84. The van der Waals surface area contributed by atoms with Crippen LogP contribution in [0.2, 0.25) is 0 Å². The maximum atomic E-state index is 16.8. The van der Waals surface area contributed by atoms with Crippen LogP contribution in [0, 0.1) is 17.2 Å². The van der Waals surface area contributed by atoms with Crippen molar-refractivity contribution in [2.75, 3.05) is 65.1 Å². The van der Waals surface area contributed by atoms with Gasteiger partial charge in [-0.25, -0.2) is 19.6 Å². The van der Waals surface area contributed by atoms with Crippen LogP contribution in [0.1, 0.15) is 76.8 Å². The number of hydrogen-bond acceptors (Lipinski definition) is 12. The van der Waals surface area contributed by atoms with Crippen molar-refractivity contribution in [2.24, 2.45) is 11.3 Å². The van der Waals surface area contributed by atoms with Gasteiger partial charge < -0.3 is 39.2 Å². The highest BCUT2D eigenvalue weighted by molar-refractivity contribution is 7.10. The second-order valence-corrected chi connectivity index (χ2v) is 19.7. The molecule has 68 heavy (non-hydrogen) atoms. The van der Waals surface area contributed by atoms with Gasteiger partial charge in [-0.3, -0.25) is 24.4 Å². The number of hydrazine groups is 1. The number of methoxy groups -OCH3 is 1. The average molecular weight is 972 g/mol. The van der Waals surface area contributed by atoms with Crippen LogP contribution in [0.4, 0.5) is 28.0 Å². The number of nitrogens with one attached hydrogen (secondary N) is 3. The molecule has 6 bridgehead atoms. The number of rotatable bonds is 10. The highest BCUT2D eigenvalue weighted by Crippen LogP contribution is 2.44. The molecule has 3 aliphatic rings. The molecule has 4 aromatic rings. The number of morpholine rings is 1. The number of ether oxygens (including phenoxy) is 3. The maximum absolute atomic E-state index is 16.8. The van der Waals surface area contributed by atoms with Crippen LogP contribution < -0.4 is 21.0 Å². The number of thiazole rings is 1. The molecule has 4 atom stereocenters. The van der Waals surface area contributed by atoms with Gasteiger partial charge in [-0.1, -0.05) is 27.7 Å². The molecule has 1 aromatic carbocycles. The summed E-state index contributed by atoms with van der Waals surface area (Å²) in [4.78, 5) is 68.2. The van der Waals surface area contributed by atoms with Gasteiger partial charge in [0.1, 0.15) is 30.5 Å². The third-order valence-electron chi connectivity index (χ3n) is 12.7. The monoisotopic (exact) mass is 971 g/mol. The molecule has 3 aliphatic heterocycles. The van der Waals surface area contributed by atoms with Crippen LogP contribution in [0.5, 0.6) is 0 Å². The van der Waals surface area contributed by atoms with E-state index >= 15 is 4.39 Å². The number of urea groups is 1. The van der Waals surface area contributed by atoms with Gasteiger partial charge in [0.15, 0.2) is 0 Å². The van der Waals surface area contributed by atoms with Crippen LogP contribution in [-0.2, 0) is 48.0 Å². The fraction of sp³-hybridized carbons (Fsp3) is 0.574. The number of hydrogen-bond donors (Lipinski definition) is 3. The summed E-state index contributed by atoms with van der Waals surface area (Å²) in [6.45, 7) is 12.7. The Labute approximate surface area is 397 Å². The standard InChI is InChI=1S/C47H61F4N9O7S/c1-9-59-37-19-33(48)30-18-29(37)32(41(59)31-17-28(58-13-15-66-16-14-58)22-52-39(31)27(4)65-8)21-46(5,6)25-67-44(63)34-11-10-12-60(56-34)43(62)35(20-38-54-36(30)23-68-38)55-42(61)40(26(2)3)57(7)45(64)53-24-47(49,50)51/h17-19,22-23,26-27,34-35,40,56H,9-16,20-21,24-25H2,1-8H3,(H,53,64)(H,55,61)/t27-,34-,35-,40-/m0/s1. The maximum Gasteiger partial charge on any atom is 0.405 e. The van der Waals surface area contributed by atoms with Gasteiger partial charge in [-0.15, -0.1) is 11.3 Å². The number of benzene rings is 1. The zero-order valence-corrected chi connectivity index (χ0v) is 40.5. The lowest BCUT2D eigenvalue weighted by Gasteiger charge is -2.36. The Morgan fingerprint density at radius 3 is 2.51 bits per heavy atom. The van der Waals surface area contributed by atoms with Crippen molar-refractivity contribution in [2.45, 2.75) is 104 Å². The SMILES string of the molecule is CCn1c(-c2cc(N3CCOCC3)cnc2[C@H](C)OC)c2c3cc(c(F)cc31)-c1csc(n1)C[C@H](NC(=O)[C@H](C(C)C)N(C)C(=O)NCC(F)(F)F)C(=O)N1CCC[C@H](N1)C(=O)OCC(C)(C)C2. The van der Waals surface area contributed by atoms with E-state index in [9.17, 15) is 32.3 Å². The zero-order valence-electron chi connectivity index (χ0n) is 39.7. The Balaban J connectivity index is 1.34. The molecule has 7 rings (SSSR count). The molecule has 0 saturated carbocycles. The highest BCUT2D eigenvalue weighted by Gasteiger charge is 2.39. The number of pyridine rings is 1. The number of esters is 1. The van der Waals surface area contributed by atoms with Gasteiger partial charge in [-0.2, -0.15) is 13.2 Å². The first-order valence-electron chi connectivity index (χ1n) is 23.0. The number of aromatic nitrogens is 3. The quantitative estimate of drug-likeness (QED) is 0.119. The Bertz CT molecular complexity index is 2510. The number of anilines is 1. The minimum Gasteiger partial charge on any atom is -0.464 e. The Hall–Kier alpha value is -5.38. The first-order valence-corrected chi connectivity index (χ1v) is 23.8. The molecule has 0 spiro atoms. The summed E-state index contributed by atoms with van der Waals surface area (Å²) in [6.07, 6.45) is -2.24.